The first kappa shape index (κ1) is 14.0. The summed E-state index contributed by atoms with van der Waals surface area (Å²) in [6.07, 6.45) is 0.599. The first-order valence-corrected chi connectivity index (χ1v) is 7.14. The molecular weight excluding hydrogens is 288 g/mol. The van der Waals surface area contributed by atoms with Crippen molar-refractivity contribution in [3.05, 3.63) is 28.7 Å². The first-order valence-electron chi connectivity index (χ1n) is 5.36. The number of hydrogen-bond donors (Lipinski definition) is 1. The van der Waals surface area contributed by atoms with Crippen LogP contribution >= 0.6 is 27.7 Å². The van der Waals surface area contributed by atoms with Crippen molar-refractivity contribution >= 4 is 27.7 Å². The fourth-order valence-corrected chi connectivity index (χ4v) is 2.58. The fourth-order valence-electron chi connectivity index (χ4n) is 1.16. The van der Waals surface area contributed by atoms with Crippen molar-refractivity contribution in [2.75, 3.05) is 19.0 Å². The second kappa shape index (κ2) is 8.12. The molecule has 0 heterocycles. The molecule has 0 radical (unpaired) electrons. The molecule has 1 unspecified atom stereocenters. The summed E-state index contributed by atoms with van der Waals surface area (Å²) < 4.78 is 6.35. The Hall–Kier alpha value is -0.0300. The molecule has 0 aliphatic heterocycles. The van der Waals surface area contributed by atoms with Gasteiger partial charge in [0.25, 0.3) is 0 Å². The quantitative estimate of drug-likeness (QED) is 0.619. The summed E-state index contributed by atoms with van der Waals surface area (Å²) in [4.78, 5) is 1.16. The SMILES string of the molecule is CCCOCC(O)CSc1cccc(Br)c1. The fraction of sp³-hybridized carbons (Fsp3) is 0.500. The van der Waals surface area contributed by atoms with Gasteiger partial charge in [-0.15, -0.1) is 11.8 Å². The van der Waals surface area contributed by atoms with Crippen molar-refractivity contribution in [3.63, 3.8) is 0 Å². The van der Waals surface area contributed by atoms with E-state index in [0.29, 0.717) is 12.4 Å². The van der Waals surface area contributed by atoms with Crippen molar-refractivity contribution in [2.45, 2.75) is 24.3 Å². The van der Waals surface area contributed by atoms with Crippen LogP contribution in [0.3, 0.4) is 0 Å². The maximum Gasteiger partial charge on any atom is 0.0867 e. The lowest BCUT2D eigenvalue weighted by atomic mass is 10.4. The lowest BCUT2D eigenvalue weighted by Crippen LogP contribution is -2.18. The molecule has 1 aromatic rings. The van der Waals surface area contributed by atoms with Gasteiger partial charge in [0.2, 0.25) is 0 Å². The molecule has 16 heavy (non-hydrogen) atoms. The molecule has 0 saturated heterocycles. The third-order valence-electron chi connectivity index (χ3n) is 1.90. The summed E-state index contributed by atoms with van der Waals surface area (Å²) in [5.74, 6) is 0.667. The van der Waals surface area contributed by atoms with Crippen LogP contribution in [0.25, 0.3) is 0 Å². The summed E-state index contributed by atoms with van der Waals surface area (Å²) in [6, 6.07) is 8.07. The standard InChI is InChI=1S/C12H17BrO2S/c1-2-6-15-8-11(14)9-16-12-5-3-4-10(13)7-12/h3-5,7,11,14H,2,6,8-9H2,1H3. The van der Waals surface area contributed by atoms with E-state index >= 15 is 0 Å². The zero-order chi connectivity index (χ0) is 11.8. The van der Waals surface area contributed by atoms with E-state index in [4.69, 9.17) is 4.74 Å². The lowest BCUT2D eigenvalue weighted by molar-refractivity contribution is 0.0489. The Morgan fingerprint density at radius 3 is 3.00 bits per heavy atom. The van der Waals surface area contributed by atoms with E-state index in [2.05, 4.69) is 22.9 Å². The number of aliphatic hydroxyl groups excluding tert-OH is 1. The van der Waals surface area contributed by atoms with E-state index in [0.717, 1.165) is 22.4 Å². The summed E-state index contributed by atoms with van der Waals surface area (Å²) in [7, 11) is 0. The second-order valence-corrected chi connectivity index (χ2v) is 5.51. The van der Waals surface area contributed by atoms with Crippen LogP contribution in [-0.4, -0.2) is 30.2 Å². The molecule has 1 aromatic carbocycles. The van der Waals surface area contributed by atoms with Crippen LogP contribution < -0.4 is 0 Å². The highest BCUT2D eigenvalue weighted by Gasteiger charge is 2.05. The largest absolute Gasteiger partial charge is 0.390 e. The average molecular weight is 305 g/mol. The van der Waals surface area contributed by atoms with Gasteiger partial charge in [-0.1, -0.05) is 28.9 Å². The van der Waals surface area contributed by atoms with Crippen molar-refractivity contribution in [1.82, 2.24) is 0 Å². The van der Waals surface area contributed by atoms with Crippen LogP contribution in [-0.2, 0) is 4.74 Å². The number of halogens is 1. The van der Waals surface area contributed by atoms with E-state index in [-0.39, 0.29) is 0 Å². The summed E-state index contributed by atoms with van der Waals surface area (Å²) in [5.41, 5.74) is 0. The van der Waals surface area contributed by atoms with Gasteiger partial charge < -0.3 is 9.84 Å². The molecule has 1 atom stereocenters. The van der Waals surface area contributed by atoms with Crippen molar-refractivity contribution < 1.29 is 9.84 Å². The Kier molecular flexibility index (Phi) is 7.12. The Labute approximate surface area is 110 Å². The summed E-state index contributed by atoms with van der Waals surface area (Å²) in [5, 5.41) is 9.65. The van der Waals surface area contributed by atoms with Gasteiger partial charge in [-0.05, 0) is 24.6 Å². The van der Waals surface area contributed by atoms with Gasteiger partial charge in [-0.2, -0.15) is 0 Å². The normalized spacial score (nSPS) is 12.7. The molecule has 2 nitrogen and oxygen atoms in total. The van der Waals surface area contributed by atoms with E-state index in [9.17, 15) is 5.11 Å². The second-order valence-electron chi connectivity index (χ2n) is 3.50. The number of aliphatic hydroxyl groups is 1. The smallest absolute Gasteiger partial charge is 0.0867 e. The van der Waals surface area contributed by atoms with Crippen molar-refractivity contribution in [3.8, 4) is 0 Å². The van der Waals surface area contributed by atoms with Crippen LogP contribution in [0.1, 0.15) is 13.3 Å². The molecule has 0 spiro atoms. The molecule has 0 bridgehead atoms. The predicted molar refractivity (Wildman–Crippen MR) is 72.0 cm³/mol. The van der Waals surface area contributed by atoms with Crippen LogP contribution in [0, 0.1) is 0 Å². The summed E-state index contributed by atoms with van der Waals surface area (Å²) in [6.45, 7) is 3.20. The molecule has 90 valence electrons. The van der Waals surface area contributed by atoms with Gasteiger partial charge in [0.15, 0.2) is 0 Å². The molecule has 0 aliphatic carbocycles. The van der Waals surface area contributed by atoms with Crippen LogP contribution in [0.5, 0.6) is 0 Å². The number of ether oxygens (including phenoxy) is 1. The number of thioether (sulfide) groups is 1. The van der Waals surface area contributed by atoms with Gasteiger partial charge in [-0.3, -0.25) is 0 Å². The number of hydrogen-bond acceptors (Lipinski definition) is 3. The molecule has 0 aliphatic rings. The molecule has 4 heteroatoms. The maximum atomic E-state index is 9.65. The molecule has 0 fully saturated rings. The monoisotopic (exact) mass is 304 g/mol. The van der Waals surface area contributed by atoms with Crippen molar-refractivity contribution in [1.29, 1.82) is 0 Å². The molecule has 0 aromatic heterocycles. The lowest BCUT2D eigenvalue weighted by Gasteiger charge is -2.10. The third kappa shape index (κ3) is 5.89. The minimum atomic E-state index is -0.393. The zero-order valence-electron chi connectivity index (χ0n) is 9.36. The van der Waals surface area contributed by atoms with E-state index in [1.54, 1.807) is 11.8 Å². The van der Waals surface area contributed by atoms with Gasteiger partial charge >= 0.3 is 0 Å². The number of rotatable bonds is 7. The average Bonchev–Trinajstić information content (AvgIpc) is 2.27. The minimum Gasteiger partial charge on any atom is -0.390 e. The third-order valence-corrected chi connectivity index (χ3v) is 3.53. The summed E-state index contributed by atoms with van der Waals surface area (Å²) >= 11 is 5.06. The molecular formula is C12H17BrO2S. The zero-order valence-corrected chi connectivity index (χ0v) is 11.8. The highest BCUT2D eigenvalue weighted by molar-refractivity contribution is 9.10. The highest BCUT2D eigenvalue weighted by atomic mass is 79.9. The molecule has 0 amide bonds. The van der Waals surface area contributed by atoms with Crippen LogP contribution in [0.2, 0.25) is 0 Å². The minimum absolute atomic E-state index is 0.393. The maximum absolute atomic E-state index is 9.65. The van der Waals surface area contributed by atoms with Gasteiger partial charge in [0, 0.05) is 21.7 Å². The Balaban J connectivity index is 2.23. The molecule has 0 saturated carbocycles. The van der Waals surface area contributed by atoms with Crippen molar-refractivity contribution in [2.24, 2.45) is 0 Å². The Bertz CT molecular complexity index is 307. The van der Waals surface area contributed by atoms with Crippen LogP contribution in [0.4, 0.5) is 0 Å². The molecule has 1 N–H and O–H groups in total. The van der Waals surface area contributed by atoms with E-state index < -0.39 is 6.10 Å². The van der Waals surface area contributed by atoms with E-state index in [1.807, 2.05) is 24.3 Å². The van der Waals surface area contributed by atoms with Gasteiger partial charge in [0.05, 0.1) is 12.7 Å². The van der Waals surface area contributed by atoms with Gasteiger partial charge in [0.1, 0.15) is 0 Å². The first-order chi connectivity index (χ1) is 7.72. The van der Waals surface area contributed by atoms with Crippen LogP contribution in [0.15, 0.2) is 33.6 Å². The van der Waals surface area contributed by atoms with E-state index in [1.165, 1.54) is 0 Å². The Morgan fingerprint density at radius 1 is 1.50 bits per heavy atom. The topological polar surface area (TPSA) is 29.5 Å². The Morgan fingerprint density at radius 2 is 2.31 bits per heavy atom. The molecule has 1 rings (SSSR count). The number of benzene rings is 1. The predicted octanol–water partition coefficient (Wildman–Crippen LogP) is 3.33. The van der Waals surface area contributed by atoms with Gasteiger partial charge in [-0.25, -0.2) is 0 Å². The highest BCUT2D eigenvalue weighted by Crippen LogP contribution is 2.22.